The van der Waals surface area contributed by atoms with Crippen LogP contribution in [0.4, 0.5) is 5.69 Å². The van der Waals surface area contributed by atoms with Crippen molar-refractivity contribution in [3.63, 3.8) is 0 Å². The summed E-state index contributed by atoms with van der Waals surface area (Å²) in [4.78, 5) is 12.3. The topological polar surface area (TPSA) is 55.1 Å². The first kappa shape index (κ1) is 14.3. The molecule has 0 saturated carbocycles. The van der Waals surface area contributed by atoms with Crippen LogP contribution in [-0.4, -0.2) is 5.91 Å². The Bertz CT molecular complexity index is 597. The molecule has 3 N–H and O–H groups in total. The van der Waals surface area contributed by atoms with E-state index in [4.69, 9.17) is 5.73 Å². The minimum Gasteiger partial charge on any atom is -0.324 e. The van der Waals surface area contributed by atoms with E-state index in [0.717, 1.165) is 22.4 Å². The van der Waals surface area contributed by atoms with E-state index >= 15 is 0 Å². The van der Waals surface area contributed by atoms with Crippen LogP contribution < -0.4 is 11.1 Å². The van der Waals surface area contributed by atoms with Gasteiger partial charge in [-0.3, -0.25) is 4.79 Å². The molecular weight excluding hydrogens is 248 g/mol. The fraction of sp³-hybridized carbons (Fsp3) is 0.235. The third-order valence-corrected chi connectivity index (χ3v) is 3.37. The minimum atomic E-state index is -0.656. The van der Waals surface area contributed by atoms with Gasteiger partial charge in [-0.25, -0.2) is 0 Å². The summed E-state index contributed by atoms with van der Waals surface area (Å²) in [6, 6.07) is 12.8. The van der Waals surface area contributed by atoms with Crippen molar-refractivity contribution in [2.45, 2.75) is 26.8 Å². The smallest absolute Gasteiger partial charge is 0.245 e. The Balaban J connectivity index is 2.20. The van der Waals surface area contributed by atoms with Crippen LogP contribution in [0.5, 0.6) is 0 Å². The standard InChI is InChI=1S/C17H20N2O/c1-11-9-12(2)16(13(3)10-11)19-17(20)15(18)14-7-5-4-6-8-14/h4-10,15H,18H2,1-3H3,(H,19,20)/t15-/m0/s1. The number of hydrogen-bond donors (Lipinski definition) is 2. The van der Waals surface area contributed by atoms with Crippen LogP contribution in [-0.2, 0) is 4.79 Å². The summed E-state index contributed by atoms with van der Waals surface area (Å²) in [5.74, 6) is -0.189. The van der Waals surface area contributed by atoms with E-state index in [-0.39, 0.29) is 5.91 Å². The molecule has 3 nitrogen and oxygen atoms in total. The van der Waals surface area contributed by atoms with Gasteiger partial charge in [0.25, 0.3) is 0 Å². The van der Waals surface area contributed by atoms with Crippen molar-refractivity contribution in [1.29, 1.82) is 0 Å². The Labute approximate surface area is 119 Å². The molecule has 0 radical (unpaired) electrons. The molecule has 1 atom stereocenters. The van der Waals surface area contributed by atoms with E-state index in [1.165, 1.54) is 5.56 Å². The molecule has 20 heavy (non-hydrogen) atoms. The highest BCUT2D eigenvalue weighted by atomic mass is 16.2. The number of anilines is 1. The summed E-state index contributed by atoms with van der Waals surface area (Å²) in [6.07, 6.45) is 0. The Kier molecular flexibility index (Phi) is 4.20. The van der Waals surface area contributed by atoms with Crippen molar-refractivity contribution in [2.24, 2.45) is 5.73 Å². The van der Waals surface area contributed by atoms with E-state index in [2.05, 4.69) is 17.4 Å². The summed E-state index contributed by atoms with van der Waals surface area (Å²) in [6.45, 7) is 6.02. The molecule has 2 aromatic carbocycles. The van der Waals surface area contributed by atoms with E-state index in [0.29, 0.717) is 0 Å². The Morgan fingerprint density at radius 3 is 2.15 bits per heavy atom. The van der Waals surface area contributed by atoms with Crippen LogP contribution in [0.1, 0.15) is 28.3 Å². The maximum Gasteiger partial charge on any atom is 0.245 e. The lowest BCUT2D eigenvalue weighted by Gasteiger charge is -2.16. The SMILES string of the molecule is Cc1cc(C)c(NC(=O)[C@@H](N)c2ccccc2)c(C)c1. The monoisotopic (exact) mass is 268 g/mol. The van der Waals surface area contributed by atoms with Gasteiger partial charge in [0.2, 0.25) is 5.91 Å². The quantitative estimate of drug-likeness (QED) is 0.897. The largest absolute Gasteiger partial charge is 0.324 e. The molecule has 2 rings (SSSR count). The molecule has 0 aliphatic heterocycles. The molecule has 3 heteroatoms. The first-order valence-corrected chi connectivity index (χ1v) is 6.68. The highest BCUT2D eigenvalue weighted by Crippen LogP contribution is 2.23. The van der Waals surface area contributed by atoms with Gasteiger partial charge >= 0.3 is 0 Å². The van der Waals surface area contributed by atoms with E-state index < -0.39 is 6.04 Å². The number of carbonyl (C=O) groups is 1. The van der Waals surface area contributed by atoms with E-state index in [9.17, 15) is 4.79 Å². The van der Waals surface area contributed by atoms with Gasteiger partial charge in [-0.2, -0.15) is 0 Å². The number of rotatable bonds is 3. The van der Waals surface area contributed by atoms with Crippen molar-refractivity contribution < 1.29 is 4.79 Å². The number of nitrogens with one attached hydrogen (secondary N) is 1. The zero-order valence-corrected chi connectivity index (χ0v) is 12.1. The van der Waals surface area contributed by atoms with Gasteiger partial charge in [0.1, 0.15) is 6.04 Å². The van der Waals surface area contributed by atoms with Crippen molar-refractivity contribution in [1.82, 2.24) is 0 Å². The van der Waals surface area contributed by atoms with Gasteiger partial charge in [-0.1, -0.05) is 48.0 Å². The van der Waals surface area contributed by atoms with Crippen molar-refractivity contribution in [3.8, 4) is 0 Å². The number of hydrogen-bond acceptors (Lipinski definition) is 2. The van der Waals surface area contributed by atoms with Crippen LogP contribution in [0.3, 0.4) is 0 Å². The lowest BCUT2D eigenvalue weighted by atomic mass is 10.0. The fourth-order valence-electron chi connectivity index (χ4n) is 2.39. The molecule has 1 amide bonds. The fourth-order valence-corrected chi connectivity index (χ4v) is 2.39. The van der Waals surface area contributed by atoms with Gasteiger partial charge in [0.15, 0.2) is 0 Å². The molecule has 0 unspecified atom stereocenters. The Morgan fingerprint density at radius 2 is 1.60 bits per heavy atom. The minimum absolute atomic E-state index is 0.189. The Morgan fingerprint density at radius 1 is 1.05 bits per heavy atom. The second-order valence-electron chi connectivity index (χ2n) is 5.15. The molecule has 104 valence electrons. The van der Waals surface area contributed by atoms with Gasteiger partial charge < -0.3 is 11.1 Å². The summed E-state index contributed by atoms with van der Waals surface area (Å²) < 4.78 is 0. The number of carbonyl (C=O) groups excluding carboxylic acids is 1. The van der Waals surface area contributed by atoms with E-state index in [1.54, 1.807) is 0 Å². The number of amides is 1. The van der Waals surface area contributed by atoms with Crippen LogP contribution in [0.25, 0.3) is 0 Å². The summed E-state index contributed by atoms with van der Waals surface area (Å²) in [5, 5.41) is 2.94. The second kappa shape index (κ2) is 5.88. The Hall–Kier alpha value is -2.13. The maximum atomic E-state index is 12.3. The molecule has 0 fully saturated rings. The third kappa shape index (κ3) is 3.06. The van der Waals surface area contributed by atoms with E-state index in [1.807, 2.05) is 51.1 Å². The predicted molar refractivity (Wildman–Crippen MR) is 82.7 cm³/mol. The van der Waals surface area contributed by atoms with Crippen LogP contribution >= 0.6 is 0 Å². The summed E-state index contributed by atoms with van der Waals surface area (Å²) in [5.41, 5.74) is 11.0. The first-order chi connectivity index (χ1) is 9.49. The highest BCUT2D eigenvalue weighted by molar-refractivity contribution is 5.96. The number of aryl methyl sites for hydroxylation is 3. The normalized spacial score (nSPS) is 12.0. The highest BCUT2D eigenvalue weighted by Gasteiger charge is 2.17. The van der Waals surface area contributed by atoms with Crippen molar-refractivity contribution in [2.75, 3.05) is 5.32 Å². The van der Waals surface area contributed by atoms with Crippen LogP contribution in [0, 0.1) is 20.8 Å². The second-order valence-corrected chi connectivity index (χ2v) is 5.15. The predicted octanol–water partition coefficient (Wildman–Crippen LogP) is 3.25. The lowest BCUT2D eigenvalue weighted by Crippen LogP contribution is -2.28. The van der Waals surface area contributed by atoms with Crippen LogP contribution in [0.2, 0.25) is 0 Å². The average molecular weight is 268 g/mol. The number of benzene rings is 2. The molecule has 0 saturated heterocycles. The van der Waals surface area contributed by atoms with Gasteiger partial charge in [0, 0.05) is 5.69 Å². The summed E-state index contributed by atoms with van der Waals surface area (Å²) >= 11 is 0. The first-order valence-electron chi connectivity index (χ1n) is 6.68. The van der Waals surface area contributed by atoms with Crippen molar-refractivity contribution >= 4 is 11.6 Å². The van der Waals surface area contributed by atoms with Gasteiger partial charge in [-0.15, -0.1) is 0 Å². The molecule has 0 aliphatic carbocycles. The lowest BCUT2D eigenvalue weighted by molar-refractivity contribution is -0.117. The molecule has 0 heterocycles. The van der Waals surface area contributed by atoms with Crippen LogP contribution in [0.15, 0.2) is 42.5 Å². The van der Waals surface area contributed by atoms with Gasteiger partial charge in [0.05, 0.1) is 0 Å². The molecule has 0 aromatic heterocycles. The number of nitrogens with two attached hydrogens (primary N) is 1. The summed E-state index contributed by atoms with van der Waals surface area (Å²) in [7, 11) is 0. The zero-order valence-electron chi connectivity index (χ0n) is 12.1. The zero-order chi connectivity index (χ0) is 14.7. The molecule has 0 spiro atoms. The molecule has 0 bridgehead atoms. The molecule has 2 aromatic rings. The average Bonchev–Trinajstić information content (AvgIpc) is 2.42. The van der Waals surface area contributed by atoms with Crippen molar-refractivity contribution in [3.05, 3.63) is 64.7 Å². The van der Waals surface area contributed by atoms with Gasteiger partial charge in [-0.05, 0) is 37.5 Å². The third-order valence-electron chi connectivity index (χ3n) is 3.37. The maximum absolute atomic E-state index is 12.3. The molecule has 0 aliphatic rings. The molecular formula is C17H20N2O.